The number of unbranched alkanes of at least 4 members (excludes halogenated alkanes) is 6. The molecule has 0 aliphatic heterocycles. The lowest BCUT2D eigenvalue weighted by molar-refractivity contribution is 0.577. The number of halogens is 2. The summed E-state index contributed by atoms with van der Waals surface area (Å²) in [6.45, 7) is 2.23. The molecule has 0 saturated carbocycles. The zero-order valence-electron chi connectivity index (χ0n) is 14.8. The van der Waals surface area contributed by atoms with E-state index in [4.69, 9.17) is 5.26 Å². The minimum Gasteiger partial charge on any atom is -0.205 e. The van der Waals surface area contributed by atoms with Gasteiger partial charge in [-0.1, -0.05) is 69.7 Å². The van der Waals surface area contributed by atoms with Crippen molar-refractivity contribution in [1.82, 2.24) is 0 Å². The number of benzene rings is 2. The Hall–Kier alpha value is -2.21. The van der Waals surface area contributed by atoms with E-state index < -0.39 is 17.2 Å². The fraction of sp³-hybridized carbons (Fsp3) is 0.409. The van der Waals surface area contributed by atoms with E-state index in [0.717, 1.165) is 12.0 Å². The van der Waals surface area contributed by atoms with E-state index in [1.807, 2.05) is 24.3 Å². The van der Waals surface area contributed by atoms with E-state index in [9.17, 15) is 8.78 Å². The van der Waals surface area contributed by atoms with E-state index in [2.05, 4.69) is 6.92 Å². The second-order valence-corrected chi connectivity index (χ2v) is 6.49. The molecular weight excluding hydrogens is 316 g/mol. The standard InChI is InChI=1S/C22H25F2N/c1-2-3-4-5-6-7-8-9-17-10-12-18(13-11-17)19-14-21(23)20(16-25)22(24)15-19/h10-15H,2-9H2,1H3. The van der Waals surface area contributed by atoms with Crippen LogP contribution in [0.25, 0.3) is 11.1 Å². The van der Waals surface area contributed by atoms with Crippen molar-refractivity contribution in [3.05, 3.63) is 59.2 Å². The molecule has 0 unspecified atom stereocenters. The van der Waals surface area contributed by atoms with Crippen molar-refractivity contribution in [2.24, 2.45) is 0 Å². The van der Waals surface area contributed by atoms with E-state index in [1.165, 1.54) is 62.6 Å². The first-order chi connectivity index (χ1) is 12.2. The lowest BCUT2D eigenvalue weighted by Crippen LogP contribution is -1.92. The molecule has 0 atom stereocenters. The van der Waals surface area contributed by atoms with Gasteiger partial charge in [0.25, 0.3) is 0 Å². The van der Waals surface area contributed by atoms with Gasteiger partial charge in [0.05, 0.1) is 0 Å². The molecule has 0 radical (unpaired) electrons. The molecule has 0 fully saturated rings. The Morgan fingerprint density at radius 1 is 0.800 bits per heavy atom. The zero-order chi connectivity index (χ0) is 18.1. The highest BCUT2D eigenvalue weighted by atomic mass is 19.1. The Bertz CT molecular complexity index is 691. The van der Waals surface area contributed by atoms with Gasteiger partial charge in [-0.3, -0.25) is 0 Å². The summed E-state index contributed by atoms with van der Waals surface area (Å²) in [7, 11) is 0. The molecule has 2 aromatic rings. The third kappa shape index (κ3) is 5.67. The number of hydrogen-bond donors (Lipinski definition) is 0. The lowest BCUT2D eigenvalue weighted by Gasteiger charge is -2.06. The van der Waals surface area contributed by atoms with Crippen molar-refractivity contribution in [1.29, 1.82) is 5.26 Å². The largest absolute Gasteiger partial charge is 0.205 e. The first-order valence-electron chi connectivity index (χ1n) is 9.14. The van der Waals surface area contributed by atoms with Crippen molar-refractivity contribution in [2.75, 3.05) is 0 Å². The molecule has 0 N–H and O–H groups in total. The van der Waals surface area contributed by atoms with Gasteiger partial charge in [-0.25, -0.2) is 8.78 Å². The van der Waals surface area contributed by atoms with Crippen molar-refractivity contribution in [3.8, 4) is 17.2 Å². The molecule has 0 heterocycles. The quantitative estimate of drug-likeness (QED) is 0.460. The third-order valence-corrected chi connectivity index (χ3v) is 4.51. The highest BCUT2D eigenvalue weighted by Gasteiger charge is 2.11. The third-order valence-electron chi connectivity index (χ3n) is 4.51. The first kappa shape index (κ1) is 19.1. The molecule has 0 spiro atoms. The Labute approximate surface area is 149 Å². The number of rotatable bonds is 9. The van der Waals surface area contributed by atoms with Gasteiger partial charge in [-0.05, 0) is 41.7 Å². The van der Waals surface area contributed by atoms with Crippen LogP contribution in [0.15, 0.2) is 36.4 Å². The van der Waals surface area contributed by atoms with Crippen molar-refractivity contribution >= 4 is 0 Å². The van der Waals surface area contributed by atoms with Gasteiger partial charge in [-0.15, -0.1) is 0 Å². The van der Waals surface area contributed by atoms with Gasteiger partial charge >= 0.3 is 0 Å². The SMILES string of the molecule is CCCCCCCCCc1ccc(-c2cc(F)c(C#N)c(F)c2)cc1. The summed E-state index contributed by atoms with van der Waals surface area (Å²) in [4.78, 5) is 0. The minimum absolute atomic E-state index is 0.455. The summed E-state index contributed by atoms with van der Waals surface area (Å²) in [5, 5.41) is 8.73. The topological polar surface area (TPSA) is 23.8 Å². The molecule has 1 nitrogen and oxygen atoms in total. The molecule has 0 saturated heterocycles. The van der Waals surface area contributed by atoms with E-state index in [0.29, 0.717) is 5.56 Å². The smallest absolute Gasteiger partial charge is 0.144 e. The van der Waals surface area contributed by atoms with Crippen LogP contribution in [0.2, 0.25) is 0 Å². The van der Waals surface area contributed by atoms with Crippen LogP contribution in [0.4, 0.5) is 8.78 Å². The predicted molar refractivity (Wildman–Crippen MR) is 98.2 cm³/mol. The van der Waals surface area contributed by atoms with Gasteiger partial charge in [0.2, 0.25) is 0 Å². The molecule has 0 aromatic heterocycles. The van der Waals surface area contributed by atoms with Gasteiger partial charge in [0.1, 0.15) is 23.3 Å². The van der Waals surface area contributed by atoms with Crippen molar-refractivity contribution in [3.63, 3.8) is 0 Å². The van der Waals surface area contributed by atoms with Crippen LogP contribution in [0.1, 0.15) is 63.0 Å². The number of hydrogen-bond acceptors (Lipinski definition) is 1. The number of nitrogens with zero attached hydrogens (tertiary/aromatic N) is 1. The maximum absolute atomic E-state index is 13.7. The molecular formula is C22H25F2N. The fourth-order valence-corrected chi connectivity index (χ4v) is 3.00. The number of aryl methyl sites for hydroxylation is 1. The highest BCUT2D eigenvalue weighted by Crippen LogP contribution is 2.25. The Kier molecular flexibility index (Phi) is 7.60. The van der Waals surface area contributed by atoms with Crippen LogP contribution in [0.3, 0.4) is 0 Å². The average Bonchev–Trinajstić information content (AvgIpc) is 2.61. The predicted octanol–water partition coefficient (Wildman–Crippen LogP) is 6.80. The normalized spacial score (nSPS) is 10.6. The van der Waals surface area contributed by atoms with Gasteiger partial charge in [0.15, 0.2) is 0 Å². The Morgan fingerprint density at radius 3 is 1.92 bits per heavy atom. The molecule has 2 aromatic carbocycles. The van der Waals surface area contributed by atoms with Crippen LogP contribution < -0.4 is 0 Å². The summed E-state index contributed by atoms with van der Waals surface area (Å²) in [6, 6.07) is 11.8. The monoisotopic (exact) mass is 341 g/mol. The van der Waals surface area contributed by atoms with Gasteiger partial charge in [-0.2, -0.15) is 5.26 Å². The van der Waals surface area contributed by atoms with E-state index in [1.54, 1.807) is 6.07 Å². The summed E-state index contributed by atoms with van der Waals surface area (Å²) in [5.74, 6) is -1.63. The van der Waals surface area contributed by atoms with Gasteiger partial charge < -0.3 is 0 Å². The van der Waals surface area contributed by atoms with Crippen LogP contribution in [-0.2, 0) is 6.42 Å². The summed E-state index contributed by atoms with van der Waals surface area (Å²) < 4.78 is 27.5. The van der Waals surface area contributed by atoms with Crippen LogP contribution in [0, 0.1) is 23.0 Å². The van der Waals surface area contributed by atoms with Gasteiger partial charge in [0, 0.05) is 0 Å². The minimum atomic E-state index is -0.815. The molecule has 132 valence electrons. The summed E-state index contributed by atoms with van der Waals surface area (Å²) in [5.41, 5.74) is 1.92. The first-order valence-corrected chi connectivity index (χ1v) is 9.14. The molecule has 2 rings (SSSR count). The maximum atomic E-state index is 13.7. The lowest BCUT2D eigenvalue weighted by atomic mass is 9.99. The van der Waals surface area contributed by atoms with Crippen LogP contribution in [0.5, 0.6) is 0 Å². The van der Waals surface area contributed by atoms with E-state index in [-0.39, 0.29) is 0 Å². The molecule has 25 heavy (non-hydrogen) atoms. The second-order valence-electron chi connectivity index (χ2n) is 6.49. The zero-order valence-corrected chi connectivity index (χ0v) is 14.8. The molecule has 3 heteroatoms. The Morgan fingerprint density at radius 2 is 1.36 bits per heavy atom. The van der Waals surface area contributed by atoms with Crippen molar-refractivity contribution in [2.45, 2.75) is 58.3 Å². The summed E-state index contributed by atoms with van der Waals surface area (Å²) in [6.07, 6.45) is 10.0. The molecule has 0 amide bonds. The maximum Gasteiger partial charge on any atom is 0.144 e. The highest BCUT2D eigenvalue weighted by molar-refractivity contribution is 5.65. The van der Waals surface area contributed by atoms with Crippen molar-refractivity contribution < 1.29 is 8.78 Å². The van der Waals surface area contributed by atoms with Crippen LogP contribution >= 0.6 is 0 Å². The fourth-order valence-electron chi connectivity index (χ4n) is 3.00. The molecule has 0 bridgehead atoms. The second kappa shape index (κ2) is 9.93. The van der Waals surface area contributed by atoms with E-state index >= 15 is 0 Å². The summed E-state index contributed by atoms with van der Waals surface area (Å²) >= 11 is 0. The van der Waals surface area contributed by atoms with Crippen LogP contribution in [-0.4, -0.2) is 0 Å². The average molecular weight is 341 g/mol. The molecule has 0 aliphatic rings. The number of nitriles is 1. The Balaban J connectivity index is 1.89. The molecule has 0 aliphatic carbocycles.